The van der Waals surface area contributed by atoms with Crippen molar-refractivity contribution >= 4 is 26.7 Å². The largest absolute Gasteiger partial charge is 0.496 e. The van der Waals surface area contributed by atoms with Gasteiger partial charge in [-0.05, 0) is 48.0 Å². The number of ether oxygens (including phenoxy) is 1. The van der Waals surface area contributed by atoms with Crippen LogP contribution in [0, 0.1) is 5.82 Å². The smallest absolute Gasteiger partial charge is 0.187 e. The first-order valence-corrected chi connectivity index (χ1v) is 11.5. The van der Waals surface area contributed by atoms with Crippen LogP contribution in [0.1, 0.15) is 0 Å². The van der Waals surface area contributed by atoms with Gasteiger partial charge in [-0.3, -0.25) is 4.57 Å². The van der Waals surface area contributed by atoms with E-state index in [1.54, 1.807) is 30.7 Å². The van der Waals surface area contributed by atoms with Crippen LogP contribution in [-0.4, -0.2) is 41.5 Å². The van der Waals surface area contributed by atoms with Crippen LogP contribution >= 0.6 is 0 Å². The Kier molecular flexibility index (Phi) is 4.63. The van der Waals surface area contributed by atoms with Crippen LogP contribution in [0.5, 0.6) is 5.75 Å². The number of aromatic nitrogens is 4. The van der Waals surface area contributed by atoms with Gasteiger partial charge in [0.2, 0.25) is 0 Å². The molecular weight excluding hydrogens is 431 g/mol. The second-order valence-corrected chi connectivity index (χ2v) is 9.34. The maximum Gasteiger partial charge on any atom is 0.187 e. The highest BCUT2D eigenvalue weighted by molar-refractivity contribution is 7.90. The van der Waals surface area contributed by atoms with E-state index in [1.807, 2.05) is 22.8 Å². The third kappa shape index (κ3) is 3.27. The van der Waals surface area contributed by atoms with Gasteiger partial charge in [-0.15, -0.1) is 5.10 Å². The van der Waals surface area contributed by atoms with Crippen molar-refractivity contribution in [3.05, 3.63) is 73.0 Å². The number of methoxy groups -OCH3 is 1. The van der Waals surface area contributed by atoms with Crippen LogP contribution in [0.3, 0.4) is 0 Å². The summed E-state index contributed by atoms with van der Waals surface area (Å²) in [5.41, 5.74) is 4.29. The molecule has 1 aliphatic carbocycles. The van der Waals surface area contributed by atoms with Gasteiger partial charge in [0.05, 0.1) is 18.2 Å². The molecular formula is C23H17FN4O3S. The summed E-state index contributed by atoms with van der Waals surface area (Å²) in [5.74, 6) is -0.206. The lowest BCUT2D eigenvalue weighted by molar-refractivity contribution is 0.415. The van der Waals surface area contributed by atoms with Gasteiger partial charge in [0.15, 0.2) is 15.5 Å². The number of benzene rings is 2. The fraction of sp³-hybridized carbons (Fsp3) is 0.0870. The fourth-order valence-corrected chi connectivity index (χ4v) is 4.23. The zero-order valence-electron chi connectivity index (χ0n) is 17.2. The maximum atomic E-state index is 14.9. The Hall–Kier alpha value is -3.85. The van der Waals surface area contributed by atoms with Crippen molar-refractivity contribution in [3.63, 3.8) is 0 Å². The summed E-state index contributed by atoms with van der Waals surface area (Å²) in [6.45, 7) is 0. The molecule has 0 bridgehead atoms. The van der Waals surface area contributed by atoms with Crippen molar-refractivity contribution in [2.45, 2.75) is 4.90 Å². The minimum absolute atomic E-state index is 0.0968. The molecule has 2 heterocycles. The van der Waals surface area contributed by atoms with E-state index in [0.29, 0.717) is 27.9 Å². The van der Waals surface area contributed by atoms with E-state index in [4.69, 9.17) is 4.74 Å². The fourth-order valence-electron chi connectivity index (χ4n) is 3.60. The van der Waals surface area contributed by atoms with Crippen molar-refractivity contribution in [3.8, 4) is 28.0 Å². The van der Waals surface area contributed by atoms with E-state index in [1.165, 1.54) is 25.3 Å². The molecule has 9 heteroatoms. The molecule has 4 aromatic rings. The van der Waals surface area contributed by atoms with Crippen molar-refractivity contribution in [2.24, 2.45) is 0 Å². The highest BCUT2D eigenvalue weighted by Crippen LogP contribution is 2.37. The lowest BCUT2D eigenvalue weighted by atomic mass is 9.98. The maximum absolute atomic E-state index is 14.9. The molecule has 0 radical (unpaired) electrons. The van der Waals surface area contributed by atoms with Crippen LogP contribution in [0.2, 0.25) is 0 Å². The Bertz CT molecular complexity index is 1560. The lowest BCUT2D eigenvalue weighted by Crippen LogP contribution is -2.00. The van der Waals surface area contributed by atoms with Crippen LogP contribution in [0.15, 0.2) is 72.0 Å². The molecule has 0 N–H and O–H groups in total. The quantitative estimate of drug-likeness (QED) is 0.456. The van der Waals surface area contributed by atoms with Gasteiger partial charge in [-0.25, -0.2) is 17.8 Å². The lowest BCUT2D eigenvalue weighted by Gasteiger charge is -2.13. The summed E-state index contributed by atoms with van der Waals surface area (Å²) in [6, 6.07) is 9.05. The van der Waals surface area contributed by atoms with Crippen LogP contribution in [0.25, 0.3) is 39.1 Å². The molecule has 0 unspecified atom stereocenters. The molecule has 160 valence electrons. The molecule has 0 spiro atoms. The number of rotatable bonds is 5. The third-order valence-electron chi connectivity index (χ3n) is 5.32. The van der Waals surface area contributed by atoms with Crippen molar-refractivity contribution in [2.75, 3.05) is 13.4 Å². The van der Waals surface area contributed by atoms with Crippen molar-refractivity contribution in [1.29, 1.82) is 0 Å². The Morgan fingerprint density at radius 2 is 1.88 bits per heavy atom. The first-order valence-electron chi connectivity index (χ1n) is 9.62. The van der Waals surface area contributed by atoms with Crippen LogP contribution in [0.4, 0.5) is 4.39 Å². The molecule has 0 fully saturated rings. The second kappa shape index (κ2) is 7.38. The highest BCUT2D eigenvalue weighted by atomic mass is 32.2. The molecule has 0 saturated carbocycles. The molecule has 7 nitrogen and oxygen atoms in total. The molecule has 32 heavy (non-hydrogen) atoms. The topological polar surface area (TPSA) is 87.0 Å². The Balaban J connectivity index is 1.65. The summed E-state index contributed by atoms with van der Waals surface area (Å²) in [4.78, 5) is 4.59. The zero-order valence-corrected chi connectivity index (χ0v) is 18.0. The Labute approximate surface area is 183 Å². The molecule has 0 saturated heterocycles. The summed E-state index contributed by atoms with van der Waals surface area (Å²) >= 11 is 0. The predicted molar refractivity (Wildman–Crippen MR) is 119 cm³/mol. The molecule has 2 aromatic carbocycles. The van der Waals surface area contributed by atoms with Gasteiger partial charge >= 0.3 is 0 Å². The first-order chi connectivity index (χ1) is 15.4. The van der Waals surface area contributed by atoms with E-state index < -0.39 is 15.7 Å². The number of imidazole rings is 1. The normalized spacial score (nSPS) is 13.2. The van der Waals surface area contributed by atoms with E-state index in [9.17, 15) is 12.8 Å². The molecule has 0 amide bonds. The molecule has 1 aliphatic rings. The Morgan fingerprint density at radius 3 is 2.56 bits per heavy atom. The minimum Gasteiger partial charge on any atom is -0.496 e. The summed E-state index contributed by atoms with van der Waals surface area (Å²) < 4.78 is 45.9. The standard InChI is InChI=1S/C23H17FN4O3S/c1-31-21-11-16(32(2,29)30)7-8-17(21)18-10-14(6-9-20(18)24)19-12-26-27-23-22(19)25-13-28(23)15-4-3-5-15/h3-13H,1-2H3. The van der Waals surface area contributed by atoms with Crippen LogP contribution in [-0.2, 0) is 9.84 Å². The average molecular weight is 448 g/mol. The van der Waals surface area contributed by atoms with Gasteiger partial charge in [0.1, 0.15) is 23.4 Å². The number of hydrogen-bond donors (Lipinski definition) is 0. The van der Waals surface area contributed by atoms with Gasteiger partial charge in [-0.1, -0.05) is 12.1 Å². The number of allylic oxidation sites excluding steroid dienone is 4. The van der Waals surface area contributed by atoms with Crippen LogP contribution < -0.4 is 4.74 Å². The number of sulfone groups is 1. The number of nitrogens with zero attached hydrogens (tertiary/aromatic N) is 4. The second-order valence-electron chi connectivity index (χ2n) is 7.32. The van der Waals surface area contributed by atoms with Crippen molar-refractivity contribution < 1.29 is 17.5 Å². The van der Waals surface area contributed by atoms with Crippen molar-refractivity contribution in [1.82, 2.24) is 19.7 Å². The minimum atomic E-state index is -3.43. The van der Waals surface area contributed by atoms with E-state index in [0.717, 1.165) is 12.0 Å². The number of fused-ring (bicyclic) bond motifs is 1. The predicted octanol–water partition coefficient (Wildman–Crippen LogP) is 4.12. The zero-order chi connectivity index (χ0) is 22.5. The number of halogens is 1. The molecule has 5 rings (SSSR count). The SMILES string of the molecule is COc1cc(S(C)(=O)=O)ccc1-c1cc(-c2cnnc3c2ncn3C2=CC=C2)ccc1F. The van der Waals surface area contributed by atoms with Gasteiger partial charge in [0, 0.05) is 28.6 Å². The van der Waals surface area contributed by atoms with Gasteiger partial charge < -0.3 is 4.74 Å². The first kappa shape index (κ1) is 20.1. The summed E-state index contributed by atoms with van der Waals surface area (Å²) in [7, 11) is -2.02. The third-order valence-corrected chi connectivity index (χ3v) is 6.43. The van der Waals surface area contributed by atoms with E-state index >= 15 is 0 Å². The molecule has 0 aliphatic heterocycles. The molecule has 0 atom stereocenters. The van der Waals surface area contributed by atoms with Gasteiger partial charge in [-0.2, -0.15) is 5.10 Å². The highest BCUT2D eigenvalue weighted by Gasteiger charge is 2.18. The van der Waals surface area contributed by atoms with E-state index in [-0.39, 0.29) is 16.2 Å². The summed E-state index contributed by atoms with van der Waals surface area (Å²) in [6.07, 6.45) is 10.2. The Morgan fingerprint density at radius 1 is 1.06 bits per heavy atom. The monoisotopic (exact) mass is 448 g/mol. The number of hydrogen-bond acceptors (Lipinski definition) is 6. The average Bonchev–Trinajstić information content (AvgIpc) is 3.16. The molecule has 2 aromatic heterocycles. The summed E-state index contributed by atoms with van der Waals surface area (Å²) in [5, 5.41) is 8.33. The van der Waals surface area contributed by atoms with E-state index in [2.05, 4.69) is 15.2 Å². The van der Waals surface area contributed by atoms with Gasteiger partial charge in [0.25, 0.3) is 0 Å².